The summed E-state index contributed by atoms with van der Waals surface area (Å²) in [5, 5.41) is 11.2. The summed E-state index contributed by atoms with van der Waals surface area (Å²) in [7, 11) is 0. The zero-order valence-corrected chi connectivity index (χ0v) is 10.1. The number of benzene rings is 2. The lowest BCUT2D eigenvalue weighted by Crippen LogP contribution is -1.97. The van der Waals surface area contributed by atoms with Crippen molar-refractivity contribution in [3.05, 3.63) is 66.5 Å². The van der Waals surface area contributed by atoms with Crippen LogP contribution in [0, 0.1) is 0 Å². The first-order valence-corrected chi connectivity index (χ1v) is 5.92. The fraction of sp³-hybridized carbons (Fsp3) is 0. The highest BCUT2D eigenvalue weighted by atomic mass is 16.4. The Labute approximate surface area is 110 Å². The molecule has 0 saturated heterocycles. The smallest absolute Gasteiger partial charge is 0.337 e. The summed E-state index contributed by atoms with van der Waals surface area (Å²) < 4.78 is 0. The molecule has 3 aromatic rings. The van der Waals surface area contributed by atoms with Crippen LogP contribution in [0.5, 0.6) is 0 Å². The number of nitrogens with zero attached hydrogens (tertiary/aromatic N) is 1. The molecule has 0 radical (unpaired) electrons. The third-order valence-electron chi connectivity index (χ3n) is 3.09. The van der Waals surface area contributed by atoms with Gasteiger partial charge in [-0.2, -0.15) is 0 Å². The second-order valence-corrected chi connectivity index (χ2v) is 4.29. The number of fused-ring (bicyclic) bond motifs is 1. The standard InChI is InChI=1S/C16H11NO2/c18-16(19)13-8-12(9-17-10-13)15-7-3-5-11-4-1-2-6-14(11)15/h1-10H,(H,18,19). The van der Waals surface area contributed by atoms with Crippen LogP contribution < -0.4 is 0 Å². The van der Waals surface area contributed by atoms with E-state index in [0.29, 0.717) is 0 Å². The number of hydrogen-bond acceptors (Lipinski definition) is 2. The van der Waals surface area contributed by atoms with Gasteiger partial charge in [0.25, 0.3) is 0 Å². The lowest BCUT2D eigenvalue weighted by molar-refractivity contribution is 0.0696. The van der Waals surface area contributed by atoms with Crippen LogP contribution in [0.1, 0.15) is 10.4 Å². The number of hydrogen-bond donors (Lipinski definition) is 1. The first-order valence-electron chi connectivity index (χ1n) is 5.92. The summed E-state index contributed by atoms with van der Waals surface area (Å²) in [5.41, 5.74) is 2.01. The van der Waals surface area contributed by atoms with Crippen molar-refractivity contribution in [2.24, 2.45) is 0 Å². The molecule has 0 unspecified atom stereocenters. The highest BCUT2D eigenvalue weighted by Gasteiger charge is 2.07. The normalized spacial score (nSPS) is 10.5. The number of aromatic nitrogens is 1. The number of rotatable bonds is 2. The second kappa shape index (κ2) is 4.53. The van der Waals surface area contributed by atoms with Crippen molar-refractivity contribution in [3.8, 4) is 11.1 Å². The maximum Gasteiger partial charge on any atom is 0.337 e. The van der Waals surface area contributed by atoms with Crippen LogP contribution >= 0.6 is 0 Å². The Balaban J connectivity index is 2.24. The molecular formula is C16H11NO2. The topological polar surface area (TPSA) is 50.2 Å². The van der Waals surface area contributed by atoms with E-state index in [1.54, 1.807) is 12.3 Å². The minimum absolute atomic E-state index is 0.199. The van der Waals surface area contributed by atoms with E-state index in [2.05, 4.69) is 4.98 Å². The van der Waals surface area contributed by atoms with Gasteiger partial charge in [0.1, 0.15) is 0 Å². The van der Waals surface area contributed by atoms with Crippen LogP contribution in [0.4, 0.5) is 0 Å². The lowest BCUT2D eigenvalue weighted by atomic mass is 9.99. The molecule has 1 N–H and O–H groups in total. The van der Waals surface area contributed by atoms with Crippen LogP contribution in [0.15, 0.2) is 60.9 Å². The molecule has 0 amide bonds. The SMILES string of the molecule is O=C(O)c1cncc(-c2cccc3ccccc23)c1. The summed E-state index contributed by atoms with van der Waals surface area (Å²) in [6.45, 7) is 0. The highest BCUT2D eigenvalue weighted by Crippen LogP contribution is 2.28. The number of carbonyl (C=O) groups is 1. The van der Waals surface area contributed by atoms with Crippen LogP contribution in [0.2, 0.25) is 0 Å². The molecule has 19 heavy (non-hydrogen) atoms. The Kier molecular flexibility index (Phi) is 2.72. The van der Waals surface area contributed by atoms with E-state index < -0.39 is 5.97 Å². The average molecular weight is 249 g/mol. The van der Waals surface area contributed by atoms with Crippen LogP contribution in [-0.4, -0.2) is 16.1 Å². The van der Waals surface area contributed by atoms with Gasteiger partial charge >= 0.3 is 5.97 Å². The molecule has 3 rings (SSSR count). The number of carboxylic acids is 1. The predicted octanol–water partition coefficient (Wildman–Crippen LogP) is 3.60. The molecule has 0 fully saturated rings. The molecule has 0 atom stereocenters. The highest BCUT2D eigenvalue weighted by molar-refractivity contribution is 5.97. The van der Waals surface area contributed by atoms with Crippen molar-refractivity contribution in [2.45, 2.75) is 0 Å². The van der Waals surface area contributed by atoms with Gasteiger partial charge in [-0.1, -0.05) is 42.5 Å². The van der Waals surface area contributed by atoms with Gasteiger partial charge in [0.05, 0.1) is 5.56 Å². The Morgan fingerprint density at radius 1 is 1.00 bits per heavy atom. The zero-order valence-electron chi connectivity index (χ0n) is 10.1. The number of carboxylic acid groups (broad SMARTS) is 1. The molecule has 3 nitrogen and oxygen atoms in total. The molecule has 1 aromatic heterocycles. The van der Waals surface area contributed by atoms with Crippen molar-refractivity contribution >= 4 is 16.7 Å². The molecule has 1 heterocycles. The fourth-order valence-electron chi connectivity index (χ4n) is 2.18. The fourth-order valence-corrected chi connectivity index (χ4v) is 2.18. The van der Waals surface area contributed by atoms with Gasteiger partial charge in [0.2, 0.25) is 0 Å². The van der Waals surface area contributed by atoms with E-state index >= 15 is 0 Å². The third-order valence-corrected chi connectivity index (χ3v) is 3.09. The van der Waals surface area contributed by atoms with Crippen molar-refractivity contribution in [1.82, 2.24) is 4.98 Å². The first-order chi connectivity index (χ1) is 9.25. The summed E-state index contributed by atoms with van der Waals surface area (Å²) in [6, 6.07) is 15.6. The Morgan fingerprint density at radius 2 is 1.79 bits per heavy atom. The summed E-state index contributed by atoms with van der Waals surface area (Å²) >= 11 is 0. The van der Waals surface area contributed by atoms with E-state index in [9.17, 15) is 4.79 Å². The van der Waals surface area contributed by atoms with Gasteiger partial charge in [-0.15, -0.1) is 0 Å². The minimum atomic E-state index is -0.963. The van der Waals surface area contributed by atoms with Crippen molar-refractivity contribution in [1.29, 1.82) is 0 Å². The van der Waals surface area contributed by atoms with Crippen LogP contribution in [-0.2, 0) is 0 Å². The molecule has 92 valence electrons. The van der Waals surface area contributed by atoms with Crippen LogP contribution in [0.25, 0.3) is 21.9 Å². The Morgan fingerprint density at radius 3 is 2.63 bits per heavy atom. The van der Waals surface area contributed by atoms with E-state index in [1.807, 2.05) is 42.5 Å². The quantitative estimate of drug-likeness (QED) is 0.754. The average Bonchev–Trinajstić information content (AvgIpc) is 2.47. The molecule has 0 aliphatic rings. The summed E-state index contributed by atoms with van der Waals surface area (Å²) in [5.74, 6) is -0.963. The molecule has 0 saturated carbocycles. The maximum atomic E-state index is 11.0. The Hall–Kier alpha value is -2.68. The molecule has 2 aromatic carbocycles. The largest absolute Gasteiger partial charge is 0.478 e. The molecule has 0 aliphatic carbocycles. The third kappa shape index (κ3) is 2.06. The lowest BCUT2D eigenvalue weighted by Gasteiger charge is -2.07. The van der Waals surface area contributed by atoms with E-state index in [1.165, 1.54) is 6.20 Å². The number of aromatic carboxylic acids is 1. The van der Waals surface area contributed by atoms with E-state index in [0.717, 1.165) is 21.9 Å². The van der Waals surface area contributed by atoms with Crippen molar-refractivity contribution in [3.63, 3.8) is 0 Å². The van der Waals surface area contributed by atoms with Gasteiger partial charge in [-0.25, -0.2) is 4.79 Å². The molecule has 0 spiro atoms. The molecule has 0 aliphatic heterocycles. The molecule has 3 heteroatoms. The monoisotopic (exact) mass is 249 g/mol. The summed E-state index contributed by atoms with van der Waals surface area (Å²) in [4.78, 5) is 15.0. The zero-order chi connectivity index (χ0) is 13.2. The second-order valence-electron chi connectivity index (χ2n) is 4.29. The van der Waals surface area contributed by atoms with E-state index in [-0.39, 0.29) is 5.56 Å². The van der Waals surface area contributed by atoms with Gasteiger partial charge in [-0.05, 0) is 22.4 Å². The maximum absolute atomic E-state index is 11.0. The molecule has 0 bridgehead atoms. The number of pyridine rings is 1. The first kappa shape index (κ1) is 11.4. The van der Waals surface area contributed by atoms with Gasteiger partial charge in [0, 0.05) is 18.0 Å². The van der Waals surface area contributed by atoms with Gasteiger partial charge < -0.3 is 5.11 Å². The van der Waals surface area contributed by atoms with E-state index in [4.69, 9.17) is 5.11 Å². The van der Waals surface area contributed by atoms with Gasteiger partial charge in [0.15, 0.2) is 0 Å². The van der Waals surface area contributed by atoms with Crippen molar-refractivity contribution < 1.29 is 9.90 Å². The minimum Gasteiger partial charge on any atom is -0.478 e. The van der Waals surface area contributed by atoms with Gasteiger partial charge in [-0.3, -0.25) is 4.98 Å². The summed E-state index contributed by atoms with van der Waals surface area (Å²) in [6.07, 6.45) is 3.05. The molecular weight excluding hydrogens is 238 g/mol. The predicted molar refractivity (Wildman–Crippen MR) is 74.1 cm³/mol. The van der Waals surface area contributed by atoms with Crippen LogP contribution in [0.3, 0.4) is 0 Å². The Bertz CT molecular complexity index is 760. The van der Waals surface area contributed by atoms with Crippen molar-refractivity contribution in [2.75, 3.05) is 0 Å².